The normalized spacial score (nSPS) is 16.3. The largest absolute Gasteiger partial charge is 0.228 e. The van der Waals surface area contributed by atoms with Crippen molar-refractivity contribution in [2.45, 2.75) is 50.3 Å². The quantitative estimate of drug-likeness (QED) is 0.484. The Bertz CT molecular complexity index is 261. The van der Waals surface area contributed by atoms with Gasteiger partial charge in [0.05, 0.1) is 5.75 Å². The Morgan fingerprint density at radius 3 is 2.27 bits per heavy atom. The SMILES string of the molecule is CCCCCCC(C)(Br)CS(=O)(=O)CBr. The highest BCUT2D eigenvalue weighted by Crippen LogP contribution is 2.27. The number of hydrogen-bond acceptors (Lipinski definition) is 2. The maximum absolute atomic E-state index is 11.4. The molecule has 15 heavy (non-hydrogen) atoms. The van der Waals surface area contributed by atoms with Crippen molar-refractivity contribution in [3.8, 4) is 0 Å². The predicted octanol–water partition coefficient (Wildman–Crippen LogP) is 3.88. The van der Waals surface area contributed by atoms with Crippen molar-refractivity contribution in [3.63, 3.8) is 0 Å². The van der Waals surface area contributed by atoms with E-state index < -0.39 is 9.84 Å². The van der Waals surface area contributed by atoms with E-state index in [-0.39, 0.29) is 14.7 Å². The Morgan fingerprint density at radius 2 is 1.80 bits per heavy atom. The molecule has 0 rings (SSSR count). The maximum atomic E-state index is 11.4. The Hall–Kier alpha value is 0.910. The first kappa shape index (κ1) is 15.9. The second-order valence-electron chi connectivity index (χ2n) is 4.22. The van der Waals surface area contributed by atoms with Gasteiger partial charge in [-0.2, -0.15) is 0 Å². The van der Waals surface area contributed by atoms with E-state index in [9.17, 15) is 8.42 Å². The molecule has 0 bridgehead atoms. The van der Waals surface area contributed by atoms with E-state index in [4.69, 9.17) is 0 Å². The molecule has 0 spiro atoms. The van der Waals surface area contributed by atoms with Crippen LogP contribution in [-0.2, 0) is 9.84 Å². The van der Waals surface area contributed by atoms with Crippen LogP contribution in [0.5, 0.6) is 0 Å². The van der Waals surface area contributed by atoms with Gasteiger partial charge in [0.2, 0.25) is 0 Å². The van der Waals surface area contributed by atoms with E-state index in [1.54, 1.807) is 0 Å². The van der Waals surface area contributed by atoms with Gasteiger partial charge in [-0.1, -0.05) is 64.5 Å². The average Bonchev–Trinajstić information content (AvgIpc) is 2.11. The average molecular weight is 364 g/mol. The molecular formula is C10H20Br2O2S. The molecular weight excluding hydrogens is 344 g/mol. The molecule has 0 aromatic carbocycles. The Labute approximate surface area is 110 Å². The van der Waals surface area contributed by atoms with E-state index in [0.29, 0.717) is 0 Å². The maximum Gasteiger partial charge on any atom is 0.161 e. The summed E-state index contributed by atoms with van der Waals surface area (Å²) in [6, 6.07) is 0. The van der Waals surface area contributed by atoms with E-state index in [1.807, 2.05) is 6.92 Å². The molecule has 0 aromatic rings. The fourth-order valence-electron chi connectivity index (χ4n) is 1.49. The summed E-state index contributed by atoms with van der Waals surface area (Å²) in [4.78, 5) is 0. The molecule has 2 nitrogen and oxygen atoms in total. The number of hydrogen-bond donors (Lipinski definition) is 0. The van der Waals surface area contributed by atoms with Crippen molar-refractivity contribution >= 4 is 41.7 Å². The molecule has 0 fully saturated rings. The van der Waals surface area contributed by atoms with Crippen LogP contribution in [-0.4, -0.2) is 23.2 Å². The summed E-state index contributed by atoms with van der Waals surface area (Å²) in [7, 11) is -2.95. The molecule has 0 saturated carbocycles. The predicted molar refractivity (Wildman–Crippen MR) is 73.7 cm³/mol. The molecule has 92 valence electrons. The molecule has 0 aliphatic heterocycles. The summed E-state index contributed by atoms with van der Waals surface area (Å²) in [6.45, 7) is 4.13. The molecule has 0 N–H and O–H groups in total. The van der Waals surface area contributed by atoms with Gasteiger partial charge in [-0.3, -0.25) is 0 Å². The summed E-state index contributed by atoms with van der Waals surface area (Å²) >= 11 is 6.52. The van der Waals surface area contributed by atoms with Gasteiger partial charge < -0.3 is 0 Å². The third-order valence-electron chi connectivity index (χ3n) is 2.24. The zero-order valence-corrected chi connectivity index (χ0v) is 13.4. The molecule has 0 heterocycles. The van der Waals surface area contributed by atoms with Crippen molar-refractivity contribution in [2.75, 3.05) is 10.4 Å². The Balaban J connectivity index is 3.97. The molecule has 0 aliphatic rings. The van der Waals surface area contributed by atoms with Crippen LogP contribution in [0.15, 0.2) is 0 Å². The first-order valence-corrected chi connectivity index (χ1v) is 9.02. The third-order valence-corrected chi connectivity index (χ3v) is 6.79. The van der Waals surface area contributed by atoms with Crippen LogP contribution in [0.4, 0.5) is 0 Å². The number of unbranched alkanes of at least 4 members (excludes halogenated alkanes) is 3. The minimum absolute atomic E-state index is 0.0517. The smallest absolute Gasteiger partial charge is 0.161 e. The van der Waals surface area contributed by atoms with Crippen LogP contribution in [0.3, 0.4) is 0 Å². The molecule has 1 unspecified atom stereocenters. The van der Waals surface area contributed by atoms with Crippen LogP contribution in [0.2, 0.25) is 0 Å². The fraction of sp³-hybridized carbons (Fsp3) is 1.00. The molecule has 0 aromatic heterocycles. The lowest BCUT2D eigenvalue weighted by atomic mass is 10.0. The number of sulfone groups is 1. The fourth-order valence-corrected chi connectivity index (χ4v) is 4.44. The van der Waals surface area contributed by atoms with Crippen LogP contribution >= 0.6 is 31.9 Å². The summed E-state index contributed by atoms with van der Waals surface area (Å²) in [6.07, 6.45) is 5.63. The highest BCUT2D eigenvalue weighted by molar-refractivity contribution is 9.11. The van der Waals surface area contributed by atoms with Gasteiger partial charge in [0.25, 0.3) is 0 Å². The number of halogens is 2. The molecule has 0 saturated heterocycles. The molecule has 0 aliphatic carbocycles. The van der Waals surface area contributed by atoms with E-state index in [0.717, 1.165) is 12.8 Å². The third kappa shape index (κ3) is 8.69. The lowest BCUT2D eigenvalue weighted by Gasteiger charge is -2.21. The van der Waals surface area contributed by atoms with Crippen molar-refractivity contribution in [2.24, 2.45) is 0 Å². The van der Waals surface area contributed by atoms with Crippen LogP contribution in [0.1, 0.15) is 46.0 Å². The summed E-state index contributed by atoms with van der Waals surface area (Å²) < 4.78 is 22.6. The van der Waals surface area contributed by atoms with Gasteiger partial charge >= 0.3 is 0 Å². The zero-order chi connectivity index (χ0) is 11.9. The topological polar surface area (TPSA) is 34.1 Å². The summed E-state index contributed by atoms with van der Waals surface area (Å²) in [5, 5.41) is 0. The highest BCUT2D eigenvalue weighted by atomic mass is 79.9. The van der Waals surface area contributed by atoms with Gasteiger partial charge in [0.1, 0.15) is 4.66 Å². The van der Waals surface area contributed by atoms with E-state index >= 15 is 0 Å². The Morgan fingerprint density at radius 1 is 1.20 bits per heavy atom. The van der Waals surface area contributed by atoms with Crippen LogP contribution < -0.4 is 0 Å². The van der Waals surface area contributed by atoms with Gasteiger partial charge in [0.15, 0.2) is 9.84 Å². The first-order valence-electron chi connectivity index (χ1n) is 5.28. The molecule has 1 atom stereocenters. The van der Waals surface area contributed by atoms with Crippen molar-refractivity contribution in [1.82, 2.24) is 0 Å². The Kier molecular flexibility index (Phi) is 7.72. The van der Waals surface area contributed by atoms with Crippen molar-refractivity contribution in [1.29, 1.82) is 0 Å². The number of alkyl halides is 2. The lowest BCUT2D eigenvalue weighted by Crippen LogP contribution is -2.28. The lowest BCUT2D eigenvalue weighted by molar-refractivity contribution is 0.550. The van der Waals surface area contributed by atoms with Gasteiger partial charge in [-0.15, -0.1) is 0 Å². The minimum Gasteiger partial charge on any atom is -0.228 e. The second-order valence-corrected chi connectivity index (χ2v) is 9.50. The van der Waals surface area contributed by atoms with Gasteiger partial charge in [0, 0.05) is 4.32 Å². The summed E-state index contributed by atoms with van der Waals surface area (Å²) in [5.74, 6) is 0.206. The standard InChI is InChI=1S/C10H20Br2O2S/c1-3-4-5-6-7-10(2,12)8-15(13,14)9-11/h3-9H2,1-2H3. The highest BCUT2D eigenvalue weighted by Gasteiger charge is 2.26. The van der Waals surface area contributed by atoms with Crippen LogP contribution in [0, 0.1) is 0 Å². The van der Waals surface area contributed by atoms with Gasteiger partial charge in [-0.05, 0) is 13.3 Å². The minimum atomic E-state index is -2.95. The monoisotopic (exact) mass is 362 g/mol. The van der Waals surface area contributed by atoms with Crippen molar-refractivity contribution in [3.05, 3.63) is 0 Å². The van der Waals surface area contributed by atoms with E-state index in [1.165, 1.54) is 19.3 Å². The first-order chi connectivity index (χ1) is 6.83. The van der Waals surface area contributed by atoms with Crippen molar-refractivity contribution < 1.29 is 8.42 Å². The summed E-state index contributed by atoms with van der Waals surface area (Å²) in [5.41, 5.74) is 0. The molecule has 0 radical (unpaired) electrons. The van der Waals surface area contributed by atoms with E-state index in [2.05, 4.69) is 38.8 Å². The molecule has 5 heteroatoms. The second kappa shape index (κ2) is 7.28. The molecule has 0 amide bonds. The number of rotatable bonds is 8. The zero-order valence-electron chi connectivity index (χ0n) is 9.43. The van der Waals surface area contributed by atoms with Crippen LogP contribution in [0.25, 0.3) is 0 Å². The van der Waals surface area contributed by atoms with Gasteiger partial charge in [-0.25, -0.2) is 8.42 Å².